The van der Waals surface area contributed by atoms with Crippen LogP contribution in [0.2, 0.25) is 0 Å². The van der Waals surface area contributed by atoms with Gasteiger partial charge in [0.05, 0.1) is 6.54 Å². The number of alkyl halides is 3. The van der Waals surface area contributed by atoms with E-state index in [4.69, 9.17) is 5.11 Å². The van der Waals surface area contributed by atoms with E-state index in [0.717, 1.165) is 0 Å². The zero-order valence-electron chi connectivity index (χ0n) is 8.95. The van der Waals surface area contributed by atoms with Gasteiger partial charge in [-0.1, -0.05) is 0 Å². The average Bonchev–Trinajstić information content (AvgIpc) is 2.24. The summed E-state index contributed by atoms with van der Waals surface area (Å²) in [7, 11) is 0. The van der Waals surface area contributed by atoms with Crippen molar-refractivity contribution in [3.05, 3.63) is 29.6 Å². The molecule has 4 nitrogen and oxygen atoms in total. The maximum absolute atomic E-state index is 12.0. The van der Waals surface area contributed by atoms with E-state index in [1.807, 2.05) is 5.32 Å². The Morgan fingerprint density at radius 3 is 2.76 bits per heavy atom. The first-order valence-electron chi connectivity index (χ1n) is 4.76. The monoisotopic (exact) mass is 248 g/mol. The summed E-state index contributed by atoms with van der Waals surface area (Å²) in [5, 5.41) is 10.7. The highest BCUT2D eigenvalue weighted by Crippen LogP contribution is 2.19. The number of hydrogen-bond acceptors (Lipinski definition) is 3. The van der Waals surface area contributed by atoms with E-state index in [1.54, 1.807) is 6.92 Å². The number of amides is 1. The standard InChI is InChI=1S/C10H11F3N2O2/c1-6-4-7(2-3-14-6)9(17)15-5-8(16)10(11,12)13/h2-4,8,16H,5H2,1H3,(H,15,17). The van der Waals surface area contributed by atoms with Crippen molar-refractivity contribution < 1.29 is 23.1 Å². The molecule has 94 valence electrons. The molecule has 17 heavy (non-hydrogen) atoms. The number of pyridine rings is 1. The Morgan fingerprint density at radius 1 is 1.59 bits per heavy atom. The van der Waals surface area contributed by atoms with Crippen molar-refractivity contribution in [2.75, 3.05) is 6.54 Å². The van der Waals surface area contributed by atoms with Crippen LogP contribution in [0.5, 0.6) is 0 Å². The molecule has 0 aliphatic carbocycles. The molecular weight excluding hydrogens is 237 g/mol. The summed E-state index contributed by atoms with van der Waals surface area (Å²) in [6.07, 6.45) is -5.92. The zero-order valence-corrected chi connectivity index (χ0v) is 8.95. The van der Waals surface area contributed by atoms with Crippen LogP contribution in [0, 0.1) is 6.92 Å². The van der Waals surface area contributed by atoms with E-state index < -0.39 is 24.7 Å². The van der Waals surface area contributed by atoms with Crippen LogP contribution in [0.1, 0.15) is 16.1 Å². The molecule has 0 aliphatic rings. The highest BCUT2D eigenvalue weighted by atomic mass is 19.4. The minimum Gasteiger partial charge on any atom is -0.382 e. The fourth-order valence-corrected chi connectivity index (χ4v) is 1.09. The maximum atomic E-state index is 12.0. The molecule has 7 heteroatoms. The molecule has 0 fully saturated rings. The fraction of sp³-hybridized carbons (Fsp3) is 0.400. The first-order chi connectivity index (χ1) is 7.80. The topological polar surface area (TPSA) is 62.2 Å². The van der Waals surface area contributed by atoms with Crippen LogP contribution >= 0.6 is 0 Å². The highest BCUT2D eigenvalue weighted by molar-refractivity contribution is 5.94. The Hall–Kier alpha value is -1.63. The molecule has 1 rings (SSSR count). The van der Waals surface area contributed by atoms with Crippen molar-refractivity contribution in [2.24, 2.45) is 0 Å². The summed E-state index contributed by atoms with van der Waals surface area (Å²) in [6.45, 7) is 0.783. The molecule has 1 atom stereocenters. The number of halogens is 3. The largest absolute Gasteiger partial charge is 0.416 e. The number of aryl methyl sites for hydroxylation is 1. The third-order valence-electron chi connectivity index (χ3n) is 1.99. The lowest BCUT2D eigenvalue weighted by Gasteiger charge is -2.14. The van der Waals surface area contributed by atoms with Crippen molar-refractivity contribution in [3.8, 4) is 0 Å². The van der Waals surface area contributed by atoms with Crippen molar-refractivity contribution >= 4 is 5.91 Å². The Morgan fingerprint density at radius 2 is 2.24 bits per heavy atom. The van der Waals surface area contributed by atoms with Gasteiger partial charge in [-0.3, -0.25) is 9.78 Å². The number of nitrogens with one attached hydrogen (secondary N) is 1. The molecule has 0 bridgehead atoms. The van der Waals surface area contributed by atoms with Crippen LogP contribution in [0.15, 0.2) is 18.3 Å². The number of hydrogen-bond donors (Lipinski definition) is 2. The van der Waals surface area contributed by atoms with E-state index in [0.29, 0.717) is 5.69 Å². The van der Waals surface area contributed by atoms with Gasteiger partial charge in [0.15, 0.2) is 6.10 Å². The van der Waals surface area contributed by atoms with Gasteiger partial charge in [-0.25, -0.2) is 0 Å². The van der Waals surface area contributed by atoms with E-state index in [2.05, 4.69) is 4.98 Å². The lowest BCUT2D eigenvalue weighted by Crippen LogP contribution is -2.40. The Balaban J connectivity index is 2.57. The van der Waals surface area contributed by atoms with Gasteiger partial charge in [-0.15, -0.1) is 0 Å². The van der Waals surface area contributed by atoms with Crippen molar-refractivity contribution in [1.82, 2.24) is 10.3 Å². The first-order valence-corrected chi connectivity index (χ1v) is 4.76. The van der Waals surface area contributed by atoms with Crippen LogP contribution in [0.4, 0.5) is 13.2 Å². The van der Waals surface area contributed by atoms with Crippen molar-refractivity contribution in [2.45, 2.75) is 19.2 Å². The summed E-state index contributed by atoms with van der Waals surface area (Å²) in [5.41, 5.74) is 0.779. The summed E-state index contributed by atoms with van der Waals surface area (Å²) in [5.74, 6) is -0.682. The second-order valence-corrected chi connectivity index (χ2v) is 3.45. The predicted octanol–water partition coefficient (Wildman–Crippen LogP) is 1.04. The number of nitrogens with zero attached hydrogens (tertiary/aromatic N) is 1. The highest BCUT2D eigenvalue weighted by Gasteiger charge is 2.38. The van der Waals surface area contributed by atoms with Gasteiger partial charge in [0.25, 0.3) is 5.91 Å². The third-order valence-corrected chi connectivity index (χ3v) is 1.99. The molecule has 0 saturated carbocycles. The maximum Gasteiger partial charge on any atom is 0.416 e. The van der Waals surface area contributed by atoms with Gasteiger partial charge < -0.3 is 10.4 Å². The number of rotatable bonds is 3. The van der Waals surface area contributed by atoms with Crippen LogP contribution < -0.4 is 5.32 Å². The Kier molecular flexibility index (Phi) is 4.06. The normalized spacial score (nSPS) is 13.2. The summed E-state index contributed by atoms with van der Waals surface area (Å²) in [4.78, 5) is 15.3. The smallest absolute Gasteiger partial charge is 0.382 e. The van der Waals surface area contributed by atoms with E-state index >= 15 is 0 Å². The van der Waals surface area contributed by atoms with Gasteiger partial charge in [0.1, 0.15) is 0 Å². The third kappa shape index (κ3) is 4.03. The molecule has 2 N–H and O–H groups in total. The second-order valence-electron chi connectivity index (χ2n) is 3.45. The average molecular weight is 248 g/mol. The molecule has 0 spiro atoms. The predicted molar refractivity (Wildman–Crippen MR) is 53.4 cm³/mol. The second kappa shape index (κ2) is 5.13. The van der Waals surface area contributed by atoms with E-state index in [9.17, 15) is 18.0 Å². The zero-order chi connectivity index (χ0) is 13.1. The lowest BCUT2D eigenvalue weighted by atomic mass is 10.2. The molecule has 1 aromatic heterocycles. The molecule has 1 heterocycles. The van der Waals surface area contributed by atoms with E-state index in [1.165, 1.54) is 18.3 Å². The molecule has 0 aromatic carbocycles. The minimum absolute atomic E-state index is 0.201. The molecule has 0 aliphatic heterocycles. The van der Waals surface area contributed by atoms with Gasteiger partial charge in [0, 0.05) is 17.5 Å². The molecule has 0 radical (unpaired) electrons. The number of aliphatic hydroxyl groups is 1. The summed E-state index contributed by atoms with van der Waals surface area (Å²) < 4.78 is 35.9. The SMILES string of the molecule is Cc1cc(C(=O)NCC(O)C(F)(F)F)ccn1. The molecule has 1 aromatic rings. The molecule has 0 saturated heterocycles. The number of aliphatic hydroxyl groups excluding tert-OH is 1. The van der Waals surface area contributed by atoms with Crippen LogP contribution in [0.3, 0.4) is 0 Å². The molecular formula is C10H11F3N2O2. The Bertz CT molecular complexity index is 407. The van der Waals surface area contributed by atoms with Gasteiger partial charge >= 0.3 is 6.18 Å². The van der Waals surface area contributed by atoms with Crippen molar-refractivity contribution in [1.29, 1.82) is 0 Å². The summed E-state index contributed by atoms with van der Waals surface area (Å²) in [6, 6.07) is 2.82. The van der Waals surface area contributed by atoms with Gasteiger partial charge in [-0.05, 0) is 19.1 Å². The van der Waals surface area contributed by atoms with Gasteiger partial charge in [0.2, 0.25) is 0 Å². The first kappa shape index (κ1) is 13.4. The summed E-state index contributed by atoms with van der Waals surface area (Å²) >= 11 is 0. The van der Waals surface area contributed by atoms with Crippen LogP contribution in [-0.4, -0.2) is 34.8 Å². The number of carbonyl (C=O) groups is 1. The van der Waals surface area contributed by atoms with Crippen molar-refractivity contribution in [3.63, 3.8) is 0 Å². The van der Waals surface area contributed by atoms with Crippen LogP contribution in [0.25, 0.3) is 0 Å². The molecule has 1 amide bonds. The minimum atomic E-state index is -4.73. The Labute approximate surface area is 95.5 Å². The fourth-order valence-electron chi connectivity index (χ4n) is 1.09. The number of aromatic nitrogens is 1. The van der Waals surface area contributed by atoms with Crippen LogP contribution in [-0.2, 0) is 0 Å². The number of carbonyl (C=O) groups excluding carboxylic acids is 1. The van der Waals surface area contributed by atoms with E-state index in [-0.39, 0.29) is 5.56 Å². The van der Waals surface area contributed by atoms with Gasteiger partial charge in [-0.2, -0.15) is 13.2 Å². The quantitative estimate of drug-likeness (QED) is 0.840. The lowest BCUT2D eigenvalue weighted by molar-refractivity contribution is -0.201. The molecule has 1 unspecified atom stereocenters.